The molecule has 0 aliphatic carbocycles. The number of benzene rings is 1. The number of aliphatic hydroxyl groups excluding tert-OH is 2. The van der Waals surface area contributed by atoms with Crippen molar-refractivity contribution in [3.8, 4) is 0 Å². The Morgan fingerprint density at radius 3 is 2.56 bits per heavy atom. The number of hydrogen-bond acceptors (Lipinski definition) is 3. The van der Waals surface area contributed by atoms with Crippen molar-refractivity contribution in [1.82, 2.24) is 5.32 Å². The first kappa shape index (κ1) is 14.7. The summed E-state index contributed by atoms with van der Waals surface area (Å²) in [5.41, 5.74) is 0.860. The number of amides is 1. The summed E-state index contributed by atoms with van der Waals surface area (Å²) in [5.74, 6) is -0.237. The summed E-state index contributed by atoms with van der Waals surface area (Å²) in [6.45, 7) is 1.81. The molecule has 0 spiro atoms. The standard InChI is InChI=1S/C14H21NO3/c1-2-6-12(17)9-14(18)15-13(10-16)11-7-4-3-5-8-11/h3-5,7-8,12-13,16-17H,2,6,9-10H2,1H3,(H,15,18). The topological polar surface area (TPSA) is 69.6 Å². The number of hydrogen-bond donors (Lipinski definition) is 3. The molecular formula is C14H21NO3. The third kappa shape index (κ3) is 4.85. The number of carbonyl (C=O) groups excluding carboxylic acids is 1. The number of carbonyl (C=O) groups is 1. The lowest BCUT2D eigenvalue weighted by Crippen LogP contribution is -2.33. The third-order valence-electron chi connectivity index (χ3n) is 2.76. The molecule has 2 atom stereocenters. The van der Waals surface area contributed by atoms with Crippen LogP contribution in [0.25, 0.3) is 0 Å². The van der Waals surface area contributed by atoms with Gasteiger partial charge in [-0.3, -0.25) is 4.79 Å². The molecule has 0 radical (unpaired) electrons. The lowest BCUT2D eigenvalue weighted by atomic mass is 10.1. The van der Waals surface area contributed by atoms with Gasteiger partial charge in [0.15, 0.2) is 0 Å². The van der Waals surface area contributed by atoms with E-state index in [1.54, 1.807) is 0 Å². The summed E-state index contributed by atoms with van der Waals surface area (Å²) in [4.78, 5) is 11.7. The van der Waals surface area contributed by atoms with E-state index in [2.05, 4.69) is 5.32 Å². The molecule has 0 heterocycles. The second kappa shape index (κ2) is 7.84. The van der Waals surface area contributed by atoms with Crippen molar-refractivity contribution in [2.75, 3.05) is 6.61 Å². The number of aliphatic hydroxyl groups is 2. The molecule has 100 valence electrons. The van der Waals surface area contributed by atoms with E-state index in [-0.39, 0.29) is 18.9 Å². The van der Waals surface area contributed by atoms with Crippen LogP contribution in [0.4, 0.5) is 0 Å². The van der Waals surface area contributed by atoms with Crippen molar-refractivity contribution >= 4 is 5.91 Å². The van der Waals surface area contributed by atoms with E-state index in [0.29, 0.717) is 6.42 Å². The van der Waals surface area contributed by atoms with Crippen molar-refractivity contribution < 1.29 is 15.0 Å². The van der Waals surface area contributed by atoms with E-state index >= 15 is 0 Å². The zero-order valence-electron chi connectivity index (χ0n) is 10.7. The summed E-state index contributed by atoms with van der Waals surface area (Å²) in [6, 6.07) is 8.89. The molecule has 0 aliphatic heterocycles. The fourth-order valence-electron chi connectivity index (χ4n) is 1.82. The zero-order chi connectivity index (χ0) is 13.4. The Bertz CT molecular complexity index is 353. The third-order valence-corrected chi connectivity index (χ3v) is 2.76. The molecule has 1 aromatic rings. The highest BCUT2D eigenvalue weighted by Gasteiger charge is 2.15. The Morgan fingerprint density at radius 2 is 2.00 bits per heavy atom. The van der Waals surface area contributed by atoms with Crippen LogP contribution in [-0.2, 0) is 4.79 Å². The molecule has 0 saturated heterocycles. The van der Waals surface area contributed by atoms with E-state index in [4.69, 9.17) is 0 Å². The van der Waals surface area contributed by atoms with Crippen LogP contribution in [0, 0.1) is 0 Å². The van der Waals surface area contributed by atoms with Gasteiger partial charge in [0.25, 0.3) is 0 Å². The maximum absolute atomic E-state index is 11.7. The van der Waals surface area contributed by atoms with Gasteiger partial charge in [-0.1, -0.05) is 43.7 Å². The highest BCUT2D eigenvalue weighted by atomic mass is 16.3. The van der Waals surface area contributed by atoms with Gasteiger partial charge in [0.05, 0.1) is 25.2 Å². The molecule has 0 aliphatic rings. The van der Waals surface area contributed by atoms with Crippen LogP contribution >= 0.6 is 0 Å². The lowest BCUT2D eigenvalue weighted by molar-refractivity contribution is -0.124. The summed E-state index contributed by atoms with van der Waals surface area (Å²) in [6.07, 6.45) is 0.932. The Labute approximate surface area is 108 Å². The monoisotopic (exact) mass is 251 g/mol. The SMILES string of the molecule is CCCC(O)CC(=O)NC(CO)c1ccccc1. The van der Waals surface area contributed by atoms with Crippen molar-refractivity contribution in [1.29, 1.82) is 0 Å². The second-order valence-corrected chi connectivity index (χ2v) is 4.36. The molecule has 0 aromatic heterocycles. The molecule has 3 N–H and O–H groups in total. The number of nitrogens with one attached hydrogen (secondary N) is 1. The summed E-state index contributed by atoms with van der Waals surface area (Å²) in [7, 11) is 0. The molecule has 0 bridgehead atoms. The first-order valence-electron chi connectivity index (χ1n) is 6.30. The van der Waals surface area contributed by atoms with Crippen molar-refractivity contribution in [3.05, 3.63) is 35.9 Å². The molecule has 1 rings (SSSR count). The first-order valence-corrected chi connectivity index (χ1v) is 6.30. The summed E-state index contributed by atoms with van der Waals surface area (Å²) < 4.78 is 0. The van der Waals surface area contributed by atoms with Gasteiger partial charge in [-0.25, -0.2) is 0 Å². The van der Waals surface area contributed by atoms with Crippen LogP contribution in [0.15, 0.2) is 30.3 Å². The van der Waals surface area contributed by atoms with Gasteiger partial charge >= 0.3 is 0 Å². The Morgan fingerprint density at radius 1 is 1.33 bits per heavy atom. The second-order valence-electron chi connectivity index (χ2n) is 4.36. The van der Waals surface area contributed by atoms with Crippen molar-refractivity contribution in [2.45, 2.75) is 38.3 Å². The minimum absolute atomic E-state index is 0.0805. The highest BCUT2D eigenvalue weighted by Crippen LogP contribution is 2.12. The zero-order valence-corrected chi connectivity index (χ0v) is 10.7. The molecule has 4 nitrogen and oxygen atoms in total. The Balaban J connectivity index is 2.51. The van der Waals surface area contributed by atoms with Gasteiger partial charge in [-0.2, -0.15) is 0 Å². The van der Waals surface area contributed by atoms with Crippen molar-refractivity contribution in [3.63, 3.8) is 0 Å². The van der Waals surface area contributed by atoms with Crippen LogP contribution in [-0.4, -0.2) is 28.8 Å². The summed E-state index contributed by atoms with van der Waals surface area (Å²) >= 11 is 0. The van der Waals surface area contributed by atoms with E-state index in [1.807, 2.05) is 37.3 Å². The predicted octanol–water partition coefficient (Wildman–Crippen LogP) is 1.39. The van der Waals surface area contributed by atoms with Gasteiger partial charge in [0, 0.05) is 0 Å². The minimum atomic E-state index is -0.606. The smallest absolute Gasteiger partial charge is 0.223 e. The predicted molar refractivity (Wildman–Crippen MR) is 69.9 cm³/mol. The fraction of sp³-hybridized carbons (Fsp3) is 0.500. The molecule has 1 amide bonds. The fourth-order valence-corrected chi connectivity index (χ4v) is 1.82. The molecule has 0 fully saturated rings. The van der Waals surface area contributed by atoms with Crippen LogP contribution in [0.5, 0.6) is 0 Å². The lowest BCUT2D eigenvalue weighted by Gasteiger charge is -2.18. The van der Waals surface area contributed by atoms with Gasteiger partial charge in [-0.15, -0.1) is 0 Å². The molecule has 0 saturated carbocycles. The van der Waals surface area contributed by atoms with Crippen LogP contribution < -0.4 is 5.32 Å². The van der Waals surface area contributed by atoms with E-state index < -0.39 is 12.1 Å². The van der Waals surface area contributed by atoms with Gasteiger partial charge in [0.2, 0.25) is 5.91 Å². The first-order chi connectivity index (χ1) is 8.67. The molecular weight excluding hydrogens is 230 g/mol. The molecule has 18 heavy (non-hydrogen) atoms. The van der Waals surface area contributed by atoms with Gasteiger partial charge in [-0.05, 0) is 12.0 Å². The summed E-state index contributed by atoms with van der Waals surface area (Å²) in [5, 5.41) is 21.6. The molecule has 2 unspecified atom stereocenters. The van der Waals surface area contributed by atoms with Gasteiger partial charge < -0.3 is 15.5 Å². The average molecular weight is 251 g/mol. The average Bonchev–Trinajstić information content (AvgIpc) is 2.37. The normalized spacial score (nSPS) is 13.9. The van der Waals surface area contributed by atoms with E-state index in [9.17, 15) is 15.0 Å². The Kier molecular flexibility index (Phi) is 6.39. The van der Waals surface area contributed by atoms with E-state index in [0.717, 1.165) is 12.0 Å². The van der Waals surface area contributed by atoms with Crippen molar-refractivity contribution in [2.24, 2.45) is 0 Å². The maximum Gasteiger partial charge on any atom is 0.223 e. The van der Waals surface area contributed by atoms with Crippen LogP contribution in [0.1, 0.15) is 37.8 Å². The van der Waals surface area contributed by atoms with Crippen LogP contribution in [0.3, 0.4) is 0 Å². The quantitative estimate of drug-likeness (QED) is 0.686. The Hall–Kier alpha value is -1.39. The molecule has 1 aromatic carbocycles. The largest absolute Gasteiger partial charge is 0.394 e. The maximum atomic E-state index is 11.7. The minimum Gasteiger partial charge on any atom is -0.394 e. The van der Waals surface area contributed by atoms with Gasteiger partial charge in [0.1, 0.15) is 0 Å². The number of rotatable bonds is 7. The van der Waals surface area contributed by atoms with E-state index in [1.165, 1.54) is 0 Å². The molecule has 4 heteroatoms. The highest BCUT2D eigenvalue weighted by molar-refractivity contribution is 5.76. The van der Waals surface area contributed by atoms with Crippen LogP contribution in [0.2, 0.25) is 0 Å².